The number of hydrogen-bond donors (Lipinski definition) is 7. The first kappa shape index (κ1) is 32.2. The number of carbonyl (C=O) groups is 3. The number of anilines is 2. The number of Topliss-reactive ketones (excluding diaryl/α,β-unsaturated/α-hetero) is 2. The van der Waals surface area contributed by atoms with Gasteiger partial charge in [0.15, 0.2) is 11.4 Å². The molecule has 0 radical (unpaired) electrons. The van der Waals surface area contributed by atoms with Crippen LogP contribution in [-0.2, 0) is 20.8 Å². The molecule has 0 aromatic heterocycles. The Morgan fingerprint density at radius 2 is 1.66 bits per heavy atom. The molecule has 6 atom stereocenters. The Morgan fingerprint density at radius 1 is 1.07 bits per heavy atom. The quantitative estimate of drug-likeness (QED) is 0.185. The number of phenolic OH excluding ortho intramolecular Hbond substituents is 1. The normalized spacial score (nSPS) is 33.0. The third-order valence-electron chi connectivity index (χ3n) is 10.1. The number of benzene rings is 1. The van der Waals surface area contributed by atoms with Crippen LogP contribution in [0.2, 0.25) is 0 Å². The van der Waals surface area contributed by atoms with E-state index >= 15 is 0 Å². The van der Waals surface area contributed by atoms with E-state index < -0.39 is 58.7 Å². The smallest absolute Gasteiger partial charge is 0.230 e. The Hall–Kier alpha value is -3.19. The van der Waals surface area contributed by atoms with Crippen LogP contribution in [0.5, 0.6) is 5.75 Å². The van der Waals surface area contributed by atoms with E-state index in [9.17, 15) is 34.8 Å². The Bertz CT molecular complexity index is 1430. The number of amides is 1. The lowest BCUT2D eigenvalue weighted by Gasteiger charge is -2.53. The first-order valence-electron chi connectivity index (χ1n) is 15.2. The molecule has 1 aliphatic heterocycles. The Balaban J connectivity index is 1.64. The molecule has 12 heteroatoms. The minimum Gasteiger partial charge on any atom is -0.507 e. The summed E-state index contributed by atoms with van der Waals surface area (Å²) in [6.07, 6.45) is 0.335. The molecule has 12 nitrogen and oxygen atoms in total. The summed E-state index contributed by atoms with van der Waals surface area (Å²) in [5.74, 6) is -7.54. The van der Waals surface area contributed by atoms with E-state index in [0.717, 1.165) is 18.5 Å². The minimum atomic E-state index is -2.69. The number of phenols is 1. The minimum absolute atomic E-state index is 0.0101. The molecule has 3 fully saturated rings. The Kier molecular flexibility index (Phi) is 7.64. The second-order valence-electron chi connectivity index (χ2n) is 15.0. The number of rotatable bonds is 5. The highest BCUT2D eigenvalue weighted by molar-refractivity contribution is 6.25. The zero-order chi connectivity index (χ0) is 32.8. The summed E-state index contributed by atoms with van der Waals surface area (Å²) in [5.41, 5.74) is 4.14. The van der Waals surface area contributed by atoms with Crippen molar-refractivity contribution in [2.45, 2.75) is 88.2 Å². The maximum Gasteiger partial charge on any atom is 0.230 e. The van der Waals surface area contributed by atoms with Crippen LogP contribution in [0.3, 0.4) is 0 Å². The molecule has 1 unspecified atom stereocenters. The maximum atomic E-state index is 14.2. The summed E-state index contributed by atoms with van der Waals surface area (Å²) >= 11 is 0. The Labute approximate surface area is 258 Å². The molecule has 242 valence electrons. The molecule has 1 saturated heterocycles. The van der Waals surface area contributed by atoms with Crippen LogP contribution in [-0.4, -0.2) is 106 Å². The fourth-order valence-corrected chi connectivity index (χ4v) is 8.81. The number of aliphatic hydroxyl groups excluding tert-OH is 2. The standard InChI is InChI=1S/C32H47N5O7/c1-30(2)12-15(13-31(3,4)35-30)34-18-11-19(36(5)6)16-9-14-10-17-23(37(7)8)26(40)22(29(33)43)28(42)32(17,44)27(41)20(14)25(39)21(16)24(18)38/h11,14-15,17,22-23,26,34-35,38-40,44H,9-10,12-13H2,1-8H3,(H2,33,43)/t14-,17-,22?,23-,26-,32-/m0/s1. The summed E-state index contributed by atoms with van der Waals surface area (Å²) in [7, 11) is 6.98. The monoisotopic (exact) mass is 613 g/mol. The van der Waals surface area contributed by atoms with Gasteiger partial charge in [0, 0.05) is 54.4 Å². The van der Waals surface area contributed by atoms with E-state index in [2.05, 4.69) is 38.3 Å². The van der Waals surface area contributed by atoms with Crippen molar-refractivity contribution in [2.75, 3.05) is 38.4 Å². The fraction of sp³-hybridized carbons (Fsp3) is 0.656. The van der Waals surface area contributed by atoms with E-state index in [1.807, 2.05) is 25.1 Å². The van der Waals surface area contributed by atoms with Crippen molar-refractivity contribution in [2.24, 2.45) is 23.5 Å². The van der Waals surface area contributed by atoms with Crippen LogP contribution < -0.4 is 21.3 Å². The number of aromatic hydroxyl groups is 1. The van der Waals surface area contributed by atoms with Gasteiger partial charge in [-0.3, -0.25) is 14.4 Å². The summed E-state index contributed by atoms with van der Waals surface area (Å²) in [6, 6.07) is 0.906. The van der Waals surface area contributed by atoms with Crippen molar-refractivity contribution < 1.29 is 34.8 Å². The van der Waals surface area contributed by atoms with Gasteiger partial charge in [-0.15, -0.1) is 0 Å². The van der Waals surface area contributed by atoms with Gasteiger partial charge in [0.2, 0.25) is 11.7 Å². The third kappa shape index (κ3) is 4.86. The first-order chi connectivity index (χ1) is 20.2. The number of aliphatic hydroxyl groups is 3. The molecule has 0 bridgehead atoms. The lowest BCUT2D eigenvalue weighted by atomic mass is 9.54. The largest absolute Gasteiger partial charge is 0.507 e. The number of carbonyl (C=O) groups excluding carboxylic acids is 3. The topological polar surface area (TPSA) is 189 Å². The Morgan fingerprint density at radius 3 is 2.18 bits per heavy atom. The highest BCUT2D eigenvalue weighted by atomic mass is 16.3. The van der Waals surface area contributed by atoms with E-state index in [4.69, 9.17) is 5.73 Å². The second kappa shape index (κ2) is 10.4. The van der Waals surface area contributed by atoms with Crippen molar-refractivity contribution in [3.05, 3.63) is 22.8 Å². The van der Waals surface area contributed by atoms with Gasteiger partial charge in [0.1, 0.15) is 17.4 Å². The summed E-state index contributed by atoms with van der Waals surface area (Å²) in [4.78, 5) is 43.6. The van der Waals surface area contributed by atoms with Crippen molar-refractivity contribution >= 4 is 34.6 Å². The average Bonchev–Trinajstić information content (AvgIpc) is 2.85. The molecule has 3 aliphatic carbocycles. The van der Waals surface area contributed by atoms with Crippen LogP contribution in [0, 0.1) is 17.8 Å². The van der Waals surface area contributed by atoms with Gasteiger partial charge < -0.3 is 46.6 Å². The molecular formula is C32H47N5O7. The van der Waals surface area contributed by atoms with Crippen molar-refractivity contribution in [1.82, 2.24) is 10.2 Å². The number of nitrogens with one attached hydrogen (secondary N) is 2. The molecule has 44 heavy (non-hydrogen) atoms. The van der Waals surface area contributed by atoms with Crippen LogP contribution in [0.4, 0.5) is 11.4 Å². The zero-order valence-electron chi connectivity index (χ0n) is 26.9. The van der Waals surface area contributed by atoms with Gasteiger partial charge >= 0.3 is 0 Å². The molecule has 4 aliphatic rings. The van der Waals surface area contributed by atoms with Gasteiger partial charge in [-0.1, -0.05) is 0 Å². The lowest BCUT2D eigenvalue weighted by molar-refractivity contribution is -0.184. The predicted molar refractivity (Wildman–Crippen MR) is 166 cm³/mol. The van der Waals surface area contributed by atoms with Crippen LogP contribution in [0.15, 0.2) is 11.6 Å². The molecule has 2 saturated carbocycles. The van der Waals surface area contributed by atoms with Crippen LogP contribution in [0.25, 0.3) is 5.76 Å². The lowest BCUT2D eigenvalue weighted by Crippen LogP contribution is -2.73. The number of nitrogens with zero attached hydrogens (tertiary/aromatic N) is 2. The molecule has 1 heterocycles. The highest BCUT2D eigenvalue weighted by Gasteiger charge is 2.67. The first-order valence-corrected chi connectivity index (χ1v) is 15.2. The number of piperidine rings is 1. The number of primary amides is 1. The van der Waals surface area contributed by atoms with Gasteiger partial charge in [-0.2, -0.15) is 0 Å². The van der Waals surface area contributed by atoms with Gasteiger partial charge in [0.25, 0.3) is 0 Å². The van der Waals surface area contributed by atoms with E-state index in [1.54, 1.807) is 19.0 Å². The predicted octanol–water partition coefficient (Wildman–Crippen LogP) is 0.916. The molecule has 1 amide bonds. The van der Waals surface area contributed by atoms with Gasteiger partial charge in [-0.05, 0) is 85.0 Å². The second-order valence-corrected chi connectivity index (χ2v) is 15.0. The number of nitrogens with two attached hydrogens (primary N) is 1. The number of hydrogen-bond acceptors (Lipinski definition) is 11. The number of ketones is 2. The molecule has 8 N–H and O–H groups in total. The van der Waals surface area contributed by atoms with Gasteiger partial charge in [-0.25, -0.2) is 0 Å². The summed E-state index contributed by atoms with van der Waals surface area (Å²) < 4.78 is 0. The molecule has 5 rings (SSSR count). The van der Waals surface area contributed by atoms with Crippen molar-refractivity contribution in [3.63, 3.8) is 0 Å². The van der Waals surface area contributed by atoms with Crippen LogP contribution in [0.1, 0.15) is 58.1 Å². The SMILES string of the molecule is CN(C)c1cc(NC2CC(C)(C)NC(C)(C)C2)c(O)c2c1C[C@H]1C[C@H]3[C@H](N(C)C)[C@@H](O)C(C(N)=O)C(=O)[C@@]3(O)C(=O)C1=C2O. The molecular weight excluding hydrogens is 566 g/mol. The maximum absolute atomic E-state index is 14.2. The van der Waals surface area contributed by atoms with Gasteiger partial charge in [0.05, 0.1) is 17.4 Å². The average molecular weight is 614 g/mol. The van der Waals surface area contributed by atoms with E-state index in [0.29, 0.717) is 11.3 Å². The fourth-order valence-electron chi connectivity index (χ4n) is 8.81. The third-order valence-corrected chi connectivity index (χ3v) is 10.1. The van der Waals surface area contributed by atoms with E-state index in [1.165, 1.54) is 0 Å². The highest BCUT2D eigenvalue weighted by Crippen LogP contribution is 2.54. The van der Waals surface area contributed by atoms with Crippen LogP contribution >= 0.6 is 0 Å². The van der Waals surface area contributed by atoms with Crippen molar-refractivity contribution in [3.8, 4) is 5.75 Å². The number of fused-ring (bicyclic) bond motifs is 3. The number of likely N-dealkylation sites (N-methyl/N-ethyl adjacent to an activating group) is 1. The van der Waals surface area contributed by atoms with Crippen molar-refractivity contribution in [1.29, 1.82) is 0 Å². The zero-order valence-corrected chi connectivity index (χ0v) is 26.9. The van der Waals surface area contributed by atoms with E-state index in [-0.39, 0.29) is 46.8 Å². The molecule has 1 aromatic carbocycles. The summed E-state index contributed by atoms with van der Waals surface area (Å²) in [5, 5.41) is 53.5. The molecule has 0 spiro atoms. The molecule has 1 aromatic rings. The summed E-state index contributed by atoms with van der Waals surface area (Å²) in [6.45, 7) is 8.50.